The van der Waals surface area contributed by atoms with Gasteiger partial charge in [-0.3, -0.25) is 4.79 Å². The minimum atomic E-state index is -3.65. The van der Waals surface area contributed by atoms with Crippen LogP contribution in [0.15, 0.2) is 47.4 Å². The predicted octanol–water partition coefficient (Wildman–Crippen LogP) is 2.40. The van der Waals surface area contributed by atoms with E-state index in [1.807, 2.05) is 57.1 Å². The lowest BCUT2D eigenvalue weighted by molar-refractivity contribution is -0.121. The van der Waals surface area contributed by atoms with E-state index >= 15 is 0 Å². The number of carbonyl (C=O) groups is 1. The number of sulfonamides is 1. The van der Waals surface area contributed by atoms with Crippen molar-refractivity contribution in [2.75, 3.05) is 34.3 Å². The highest BCUT2D eigenvalue weighted by Gasteiger charge is 2.19. The third-order valence-corrected chi connectivity index (χ3v) is 6.51. The molecule has 164 valence electrons. The average molecular weight is 434 g/mol. The van der Waals surface area contributed by atoms with Crippen LogP contribution in [0.1, 0.15) is 29.2 Å². The second-order valence-corrected chi connectivity index (χ2v) is 9.19. The van der Waals surface area contributed by atoms with Gasteiger partial charge in [-0.25, -0.2) is 13.1 Å². The Morgan fingerprint density at radius 2 is 1.80 bits per heavy atom. The molecule has 0 radical (unpaired) electrons. The van der Waals surface area contributed by atoms with Crippen molar-refractivity contribution in [3.63, 3.8) is 0 Å². The van der Waals surface area contributed by atoms with E-state index in [1.165, 1.54) is 0 Å². The number of para-hydroxylation sites is 1. The number of methoxy groups -OCH3 is 1. The summed E-state index contributed by atoms with van der Waals surface area (Å²) in [6.07, 6.45) is 0.0517. The van der Waals surface area contributed by atoms with E-state index in [1.54, 1.807) is 25.3 Å². The molecular formula is C22H31N3O4S. The van der Waals surface area contributed by atoms with E-state index in [-0.39, 0.29) is 29.8 Å². The zero-order chi connectivity index (χ0) is 22.3. The van der Waals surface area contributed by atoms with E-state index < -0.39 is 10.0 Å². The first-order valence-electron chi connectivity index (χ1n) is 9.78. The van der Waals surface area contributed by atoms with Gasteiger partial charge in [0, 0.05) is 25.1 Å². The summed E-state index contributed by atoms with van der Waals surface area (Å²) in [6, 6.07) is 12.6. The van der Waals surface area contributed by atoms with Gasteiger partial charge in [-0.1, -0.05) is 24.3 Å². The number of hydrogen-bond acceptors (Lipinski definition) is 5. The highest BCUT2D eigenvalue weighted by Crippen LogP contribution is 2.27. The van der Waals surface area contributed by atoms with Gasteiger partial charge in [0.05, 0.1) is 18.0 Å². The van der Waals surface area contributed by atoms with Crippen LogP contribution >= 0.6 is 0 Å². The van der Waals surface area contributed by atoms with Gasteiger partial charge in [0.2, 0.25) is 15.9 Å². The SMILES string of the molecule is COc1ccccc1C(CNC(=O)CCNS(=O)(=O)c1ccc(C)c(C)c1)N(C)C. The van der Waals surface area contributed by atoms with Crippen molar-refractivity contribution in [2.24, 2.45) is 0 Å². The summed E-state index contributed by atoms with van der Waals surface area (Å²) in [4.78, 5) is 14.5. The van der Waals surface area contributed by atoms with Crippen LogP contribution in [0, 0.1) is 13.8 Å². The maximum atomic E-state index is 12.4. The molecule has 30 heavy (non-hydrogen) atoms. The fourth-order valence-electron chi connectivity index (χ4n) is 3.07. The first kappa shape index (κ1) is 23.9. The number of rotatable bonds is 10. The monoisotopic (exact) mass is 433 g/mol. The van der Waals surface area contributed by atoms with Crippen LogP contribution in [-0.2, 0) is 14.8 Å². The number of benzene rings is 2. The van der Waals surface area contributed by atoms with Gasteiger partial charge in [-0.15, -0.1) is 0 Å². The lowest BCUT2D eigenvalue weighted by Gasteiger charge is -2.26. The van der Waals surface area contributed by atoms with Gasteiger partial charge in [-0.2, -0.15) is 0 Å². The normalized spacial score (nSPS) is 12.6. The van der Waals surface area contributed by atoms with Crippen LogP contribution in [0.4, 0.5) is 0 Å². The molecule has 1 atom stereocenters. The van der Waals surface area contributed by atoms with Crippen LogP contribution in [-0.4, -0.2) is 53.5 Å². The maximum absolute atomic E-state index is 12.4. The van der Waals surface area contributed by atoms with Crippen molar-refractivity contribution in [1.82, 2.24) is 14.9 Å². The molecule has 1 unspecified atom stereocenters. The number of hydrogen-bond donors (Lipinski definition) is 2. The molecule has 0 aliphatic rings. The lowest BCUT2D eigenvalue weighted by atomic mass is 10.0. The lowest BCUT2D eigenvalue weighted by Crippen LogP contribution is -2.36. The van der Waals surface area contributed by atoms with Gasteiger partial charge in [0.15, 0.2) is 0 Å². The minimum Gasteiger partial charge on any atom is -0.496 e. The van der Waals surface area contributed by atoms with E-state index in [2.05, 4.69) is 10.0 Å². The molecule has 8 heteroatoms. The van der Waals surface area contributed by atoms with E-state index in [4.69, 9.17) is 4.74 Å². The van der Waals surface area contributed by atoms with Crippen LogP contribution in [0.25, 0.3) is 0 Å². The maximum Gasteiger partial charge on any atom is 0.240 e. The van der Waals surface area contributed by atoms with Crippen molar-refractivity contribution in [3.8, 4) is 5.75 Å². The molecule has 2 rings (SSSR count). The second-order valence-electron chi connectivity index (χ2n) is 7.42. The molecule has 2 aromatic rings. The minimum absolute atomic E-state index is 0.0301. The molecule has 0 heterocycles. The number of carbonyl (C=O) groups excluding carboxylic acids is 1. The molecular weight excluding hydrogens is 402 g/mol. The Bertz CT molecular complexity index is 974. The standard InChI is InChI=1S/C22H31N3O4S/c1-16-10-11-18(14-17(16)2)30(27,28)24-13-12-22(26)23-15-20(25(3)4)19-8-6-7-9-21(19)29-5/h6-11,14,20,24H,12-13,15H2,1-5H3,(H,23,26). The Labute approximate surface area is 179 Å². The van der Waals surface area contributed by atoms with E-state index in [0.29, 0.717) is 6.54 Å². The van der Waals surface area contributed by atoms with E-state index in [9.17, 15) is 13.2 Å². The Kier molecular flexibility index (Phi) is 8.40. The molecule has 0 saturated carbocycles. The summed E-state index contributed by atoms with van der Waals surface area (Å²) in [6.45, 7) is 4.21. The molecule has 0 aliphatic carbocycles. The van der Waals surface area contributed by atoms with Crippen molar-refractivity contribution in [2.45, 2.75) is 31.2 Å². The van der Waals surface area contributed by atoms with Gasteiger partial charge < -0.3 is 15.0 Å². The van der Waals surface area contributed by atoms with Crippen molar-refractivity contribution < 1.29 is 17.9 Å². The van der Waals surface area contributed by atoms with Crippen LogP contribution < -0.4 is 14.8 Å². The summed E-state index contributed by atoms with van der Waals surface area (Å²) >= 11 is 0. The molecule has 0 aromatic heterocycles. The Morgan fingerprint density at radius 1 is 1.10 bits per heavy atom. The Morgan fingerprint density at radius 3 is 2.43 bits per heavy atom. The fourth-order valence-corrected chi connectivity index (χ4v) is 4.19. The Balaban J connectivity index is 1.91. The first-order valence-corrected chi connectivity index (χ1v) is 11.3. The summed E-state index contributed by atoms with van der Waals surface area (Å²) < 4.78 is 32.8. The average Bonchev–Trinajstić information content (AvgIpc) is 2.70. The smallest absolute Gasteiger partial charge is 0.240 e. The number of nitrogens with zero attached hydrogens (tertiary/aromatic N) is 1. The third-order valence-electron chi connectivity index (χ3n) is 5.05. The molecule has 7 nitrogen and oxygen atoms in total. The summed E-state index contributed by atoms with van der Waals surface area (Å²) in [5.74, 6) is 0.533. The molecule has 0 bridgehead atoms. The third kappa shape index (κ3) is 6.29. The number of likely N-dealkylation sites (N-methyl/N-ethyl adjacent to an activating group) is 1. The summed E-state index contributed by atoms with van der Waals surface area (Å²) in [7, 11) is 1.83. The van der Waals surface area contributed by atoms with Gasteiger partial charge >= 0.3 is 0 Å². The molecule has 0 aliphatic heterocycles. The number of amides is 1. The van der Waals surface area contributed by atoms with Crippen molar-refractivity contribution in [3.05, 3.63) is 59.2 Å². The van der Waals surface area contributed by atoms with Gasteiger partial charge in [-0.05, 0) is 57.3 Å². The molecule has 1 amide bonds. The molecule has 0 spiro atoms. The number of ether oxygens (including phenoxy) is 1. The Hall–Kier alpha value is -2.42. The fraction of sp³-hybridized carbons (Fsp3) is 0.409. The first-order chi connectivity index (χ1) is 14.2. The van der Waals surface area contributed by atoms with Gasteiger partial charge in [0.1, 0.15) is 5.75 Å². The van der Waals surface area contributed by atoms with Gasteiger partial charge in [0.25, 0.3) is 0 Å². The summed E-state index contributed by atoms with van der Waals surface area (Å²) in [5, 5.41) is 2.89. The van der Waals surface area contributed by atoms with Crippen LogP contribution in [0.5, 0.6) is 5.75 Å². The predicted molar refractivity (Wildman–Crippen MR) is 118 cm³/mol. The number of aryl methyl sites for hydroxylation is 2. The van der Waals surface area contributed by atoms with E-state index in [0.717, 1.165) is 22.4 Å². The zero-order valence-electron chi connectivity index (χ0n) is 18.2. The van der Waals surface area contributed by atoms with Crippen LogP contribution in [0.2, 0.25) is 0 Å². The quantitative estimate of drug-likeness (QED) is 0.601. The zero-order valence-corrected chi connectivity index (χ0v) is 19.0. The molecule has 0 fully saturated rings. The summed E-state index contributed by atoms with van der Waals surface area (Å²) in [5.41, 5.74) is 2.90. The molecule has 0 saturated heterocycles. The largest absolute Gasteiger partial charge is 0.496 e. The number of nitrogens with one attached hydrogen (secondary N) is 2. The second kappa shape index (κ2) is 10.6. The molecule has 2 N–H and O–H groups in total. The van der Waals surface area contributed by atoms with Crippen molar-refractivity contribution in [1.29, 1.82) is 0 Å². The topological polar surface area (TPSA) is 87.7 Å². The highest BCUT2D eigenvalue weighted by atomic mass is 32.2. The van der Waals surface area contributed by atoms with Crippen molar-refractivity contribution >= 4 is 15.9 Å². The highest BCUT2D eigenvalue weighted by molar-refractivity contribution is 7.89. The molecule has 2 aromatic carbocycles. The van der Waals surface area contributed by atoms with Crippen LogP contribution in [0.3, 0.4) is 0 Å².